The number of carboxylic acids is 1. The average Bonchev–Trinajstić information content (AvgIpc) is 2.68. The highest BCUT2D eigenvalue weighted by Crippen LogP contribution is 2.25. The SMILES string of the molecule is COc1ccc(C[C@@H](NC(=O)[C@H](Cc2ccccc2F)NC(C)=O)C(=O)O)cc1Cl. The Bertz CT molecular complexity index is 937. The number of hydrogen-bond donors (Lipinski definition) is 3. The van der Waals surface area contributed by atoms with E-state index in [2.05, 4.69) is 10.6 Å². The van der Waals surface area contributed by atoms with Crippen molar-refractivity contribution in [3.63, 3.8) is 0 Å². The van der Waals surface area contributed by atoms with Crippen LogP contribution in [0.2, 0.25) is 5.02 Å². The molecule has 0 heterocycles. The summed E-state index contributed by atoms with van der Waals surface area (Å²) in [6.07, 6.45) is -0.171. The molecule has 30 heavy (non-hydrogen) atoms. The van der Waals surface area contributed by atoms with E-state index in [0.717, 1.165) is 0 Å². The Morgan fingerprint density at radius 3 is 2.37 bits per heavy atom. The molecule has 0 aliphatic carbocycles. The van der Waals surface area contributed by atoms with Gasteiger partial charge in [0, 0.05) is 19.8 Å². The maximum atomic E-state index is 14.0. The third kappa shape index (κ3) is 6.45. The summed E-state index contributed by atoms with van der Waals surface area (Å²) in [6, 6.07) is 8.21. The number of carboxylic acid groups (broad SMARTS) is 1. The molecular formula is C21H22ClFN2O5. The van der Waals surface area contributed by atoms with Gasteiger partial charge in [0.15, 0.2) is 0 Å². The molecule has 0 aliphatic heterocycles. The number of rotatable bonds is 9. The quantitative estimate of drug-likeness (QED) is 0.559. The van der Waals surface area contributed by atoms with Crippen molar-refractivity contribution in [3.05, 3.63) is 64.4 Å². The van der Waals surface area contributed by atoms with Crippen molar-refractivity contribution in [3.8, 4) is 5.75 Å². The Kier molecular flexibility index (Phi) is 8.17. The largest absolute Gasteiger partial charge is 0.495 e. The van der Waals surface area contributed by atoms with Gasteiger partial charge in [-0.05, 0) is 29.3 Å². The molecule has 2 atom stereocenters. The standard InChI is InChI=1S/C21H22ClFN2O5/c1-12(26)24-17(11-14-5-3-4-6-16(14)23)20(27)25-18(21(28)29)10-13-7-8-19(30-2)15(22)9-13/h3-9,17-18H,10-11H2,1-2H3,(H,24,26)(H,25,27)(H,28,29)/t17-,18+/m0/s1. The molecular weight excluding hydrogens is 415 g/mol. The molecule has 0 spiro atoms. The van der Waals surface area contributed by atoms with Crippen LogP contribution in [-0.2, 0) is 27.2 Å². The van der Waals surface area contributed by atoms with Crippen LogP contribution in [0.25, 0.3) is 0 Å². The van der Waals surface area contributed by atoms with E-state index < -0.39 is 35.7 Å². The third-order valence-electron chi connectivity index (χ3n) is 4.35. The summed E-state index contributed by atoms with van der Waals surface area (Å²) in [5.74, 6) is -2.58. The van der Waals surface area contributed by atoms with Crippen molar-refractivity contribution in [1.82, 2.24) is 10.6 Å². The van der Waals surface area contributed by atoms with Crippen molar-refractivity contribution >= 4 is 29.4 Å². The van der Waals surface area contributed by atoms with Crippen LogP contribution in [-0.4, -0.2) is 42.1 Å². The fourth-order valence-electron chi connectivity index (χ4n) is 2.88. The zero-order chi connectivity index (χ0) is 22.3. The number of halogens is 2. The molecule has 0 fully saturated rings. The van der Waals surface area contributed by atoms with Gasteiger partial charge in [0.25, 0.3) is 0 Å². The van der Waals surface area contributed by atoms with E-state index in [4.69, 9.17) is 16.3 Å². The van der Waals surface area contributed by atoms with E-state index in [1.54, 1.807) is 24.3 Å². The van der Waals surface area contributed by atoms with Crippen LogP contribution < -0.4 is 15.4 Å². The first-order chi connectivity index (χ1) is 14.2. The third-order valence-corrected chi connectivity index (χ3v) is 4.64. The second kappa shape index (κ2) is 10.6. The molecule has 0 bridgehead atoms. The lowest BCUT2D eigenvalue weighted by Gasteiger charge is -2.21. The summed E-state index contributed by atoms with van der Waals surface area (Å²) in [5, 5.41) is 14.7. The smallest absolute Gasteiger partial charge is 0.326 e. The minimum Gasteiger partial charge on any atom is -0.495 e. The lowest BCUT2D eigenvalue weighted by molar-refractivity contribution is -0.142. The Morgan fingerprint density at radius 2 is 1.80 bits per heavy atom. The molecule has 2 amide bonds. The van der Waals surface area contributed by atoms with Gasteiger partial charge in [-0.3, -0.25) is 9.59 Å². The number of carbonyl (C=O) groups excluding carboxylic acids is 2. The molecule has 0 aliphatic rings. The normalized spacial score (nSPS) is 12.5. The summed E-state index contributed by atoms with van der Waals surface area (Å²) >= 11 is 6.07. The molecule has 0 radical (unpaired) electrons. The van der Waals surface area contributed by atoms with Crippen LogP contribution in [0, 0.1) is 5.82 Å². The summed E-state index contributed by atoms with van der Waals surface area (Å²) in [4.78, 5) is 35.9. The van der Waals surface area contributed by atoms with Crippen LogP contribution >= 0.6 is 11.6 Å². The van der Waals surface area contributed by atoms with Gasteiger partial charge in [-0.25, -0.2) is 9.18 Å². The molecule has 3 N–H and O–H groups in total. The molecule has 7 nitrogen and oxygen atoms in total. The number of benzene rings is 2. The van der Waals surface area contributed by atoms with Crippen molar-refractivity contribution in [2.45, 2.75) is 31.8 Å². The molecule has 0 saturated heterocycles. The van der Waals surface area contributed by atoms with Gasteiger partial charge in [0.1, 0.15) is 23.7 Å². The lowest BCUT2D eigenvalue weighted by Crippen LogP contribution is -2.52. The first-order valence-corrected chi connectivity index (χ1v) is 9.45. The van der Waals surface area contributed by atoms with Gasteiger partial charge in [0.2, 0.25) is 11.8 Å². The number of amides is 2. The van der Waals surface area contributed by atoms with Gasteiger partial charge in [-0.1, -0.05) is 35.9 Å². The van der Waals surface area contributed by atoms with E-state index >= 15 is 0 Å². The Balaban J connectivity index is 2.17. The van der Waals surface area contributed by atoms with E-state index in [0.29, 0.717) is 16.3 Å². The lowest BCUT2D eigenvalue weighted by atomic mass is 10.0. The summed E-state index contributed by atoms with van der Waals surface area (Å²) in [6.45, 7) is 1.22. The van der Waals surface area contributed by atoms with E-state index in [9.17, 15) is 23.9 Å². The molecule has 160 valence electrons. The van der Waals surface area contributed by atoms with Gasteiger partial charge < -0.3 is 20.5 Å². The predicted octanol–water partition coefficient (Wildman–Crippen LogP) is 2.35. The van der Waals surface area contributed by atoms with Crippen molar-refractivity contribution < 1.29 is 28.6 Å². The van der Waals surface area contributed by atoms with E-state index in [1.807, 2.05) is 0 Å². The van der Waals surface area contributed by atoms with Crippen LogP contribution in [0.5, 0.6) is 5.75 Å². The monoisotopic (exact) mass is 436 g/mol. The minimum atomic E-state index is -1.28. The van der Waals surface area contributed by atoms with Gasteiger partial charge >= 0.3 is 5.97 Å². The van der Waals surface area contributed by atoms with Crippen molar-refractivity contribution in [2.24, 2.45) is 0 Å². The minimum absolute atomic E-state index is 0.0444. The zero-order valence-electron chi connectivity index (χ0n) is 16.4. The molecule has 2 aromatic rings. The van der Waals surface area contributed by atoms with Crippen LogP contribution in [0.15, 0.2) is 42.5 Å². The number of carbonyl (C=O) groups is 3. The summed E-state index contributed by atoms with van der Waals surface area (Å²) in [5.41, 5.74) is 0.791. The molecule has 2 aromatic carbocycles. The Morgan fingerprint density at radius 1 is 1.10 bits per heavy atom. The highest BCUT2D eigenvalue weighted by atomic mass is 35.5. The molecule has 0 aromatic heterocycles. The van der Waals surface area contributed by atoms with E-state index in [-0.39, 0.29) is 18.4 Å². The maximum absolute atomic E-state index is 14.0. The van der Waals surface area contributed by atoms with Gasteiger partial charge in [0.05, 0.1) is 12.1 Å². The second-order valence-electron chi connectivity index (χ2n) is 6.62. The Labute approximate surface area is 178 Å². The highest BCUT2D eigenvalue weighted by Gasteiger charge is 2.27. The number of aliphatic carboxylic acids is 1. The zero-order valence-corrected chi connectivity index (χ0v) is 17.2. The van der Waals surface area contributed by atoms with Gasteiger partial charge in [-0.15, -0.1) is 0 Å². The summed E-state index contributed by atoms with van der Waals surface area (Å²) in [7, 11) is 1.46. The highest BCUT2D eigenvalue weighted by molar-refractivity contribution is 6.32. The van der Waals surface area contributed by atoms with Gasteiger partial charge in [-0.2, -0.15) is 0 Å². The number of ether oxygens (including phenoxy) is 1. The van der Waals surface area contributed by atoms with Crippen LogP contribution in [0.4, 0.5) is 4.39 Å². The van der Waals surface area contributed by atoms with E-state index in [1.165, 1.54) is 32.2 Å². The first kappa shape index (κ1) is 23.2. The molecule has 0 unspecified atom stereocenters. The number of hydrogen-bond acceptors (Lipinski definition) is 4. The maximum Gasteiger partial charge on any atom is 0.326 e. The fraction of sp³-hybridized carbons (Fsp3) is 0.286. The van der Waals surface area contributed by atoms with Crippen LogP contribution in [0.1, 0.15) is 18.1 Å². The number of nitrogens with one attached hydrogen (secondary N) is 2. The topological polar surface area (TPSA) is 105 Å². The first-order valence-electron chi connectivity index (χ1n) is 9.07. The van der Waals surface area contributed by atoms with Crippen molar-refractivity contribution in [1.29, 1.82) is 0 Å². The molecule has 2 rings (SSSR count). The second-order valence-corrected chi connectivity index (χ2v) is 7.03. The van der Waals surface area contributed by atoms with Crippen molar-refractivity contribution in [2.75, 3.05) is 7.11 Å². The predicted molar refractivity (Wildman–Crippen MR) is 109 cm³/mol. The van der Waals surface area contributed by atoms with Crippen LogP contribution in [0.3, 0.4) is 0 Å². The molecule has 0 saturated carbocycles. The fourth-order valence-corrected chi connectivity index (χ4v) is 3.16. The number of methoxy groups -OCH3 is 1. The average molecular weight is 437 g/mol. The molecule has 9 heteroatoms. The summed E-state index contributed by atoms with van der Waals surface area (Å²) < 4.78 is 19.0. The Hall–Kier alpha value is -3.13.